The number of benzene rings is 2. The molecule has 1 aliphatic rings. The fourth-order valence-electron chi connectivity index (χ4n) is 3.46. The fourth-order valence-corrected chi connectivity index (χ4v) is 4.24. The first-order valence-corrected chi connectivity index (χ1v) is 11.3. The van der Waals surface area contributed by atoms with E-state index in [4.69, 9.17) is 9.47 Å². The molecular weight excluding hydrogens is 424 g/mol. The summed E-state index contributed by atoms with van der Waals surface area (Å²) in [6.07, 6.45) is 5.96. The first-order chi connectivity index (χ1) is 15.7. The van der Waals surface area contributed by atoms with E-state index in [0.29, 0.717) is 18.0 Å². The van der Waals surface area contributed by atoms with Crippen LogP contribution in [0.1, 0.15) is 23.3 Å². The monoisotopic (exact) mass is 446 g/mol. The van der Waals surface area contributed by atoms with Crippen LogP contribution in [-0.2, 0) is 4.74 Å². The molecule has 2 aromatic heterocycles. The second kappa shape index (κ2) is 9.33. The van der Waals surface area contributed by atoms with Gasteiger partial charge in [0.15, 0.2) is 0 Å². The summed E-state index contributed by atoms with van der Waals surface area (Å²) in [5.41, 5.74) is 2.89. The van der Waals surface area contributed by atoms with Crippen molar-refractivity contribution in [2.75, 3.05) is 18.5 Å². The zero-order valence-corrected chi connectivity index (χ0v) is 18.1. The number of ether oxygens (including phenoxy) is 2. The average Bonchev–Trinajstić information content (AvgIpc) is 3.61. The van der Waals surface area contributed by atoms with Crippen molar-refractivity contribution in [3.8, 4) is 22.0 Å². The van der Waals surface area contributed by atoms with Crippen molar-refractivity contribution in [3.05, 3.63) is 78.1 Å². The number of aromatic nitrogens is 3. The number of thiazole rings is 1. The predicted octanol–water partition coefficient (Wildman–Crippen LogP) is 4.81. The Labute approximate surface area is 189 Å². The van der Waals surface area contributed by atoms with Gasteiger partial charge >= 0.3 is 0 Å². The Morgan fingerprint density at radius 1 is 1.19 bits per heavy atom. The van der Waals surface area contributed by atoms with Gasteiger partial charge in [0.2, 0.25) is 0 Å². The second-order valence-electron chi connectivity index (χ2n) is 7.47. The standard InChI is InChI=1S/C24H22N4O3S/c29-23(26-18-8-10-20(11-9-18)31-15-21-7-4-12-30-21)22-16-32-24(27-22)17-13-25-28(14-17)19-5-2-1-3-6-19/h1-3,5-6,8-11,13-14,16,21H,4,7,12,15H2,(H,26,29). The van der Waals surface area contributed by atoms with Gasteiger partial charge in [0.1, 0.15) is 23.1 Å². The summed E-state index contributed by atoms with van der Waals surface area (Å²) < 4.78 is 13.1. The maximum absolute atomic E-state index is 12.6. The Bertz CT molecular complexity index is 1180. The minimum absolute atomic E-state index is 0.174. The van der Waals surface area contributed by atoms with Crippen LogP contribution in [0.25, 0.3) is 16.3 Å². The van der Waals surface area contributed by atoms with Gasteiger partial charge in [-0.3, -0.25) is 4.79 Å². The van der Waals surface area contributed by atoms with E-state index in [1.807, 2.05) is 60.8 Å². The van der Waals surface area contributed by atoms with Crippen LogP contribution in [0.2, 0.25) is 0 Å². The minimum atomic E-state index is -0.254. The Morgan fingerprint density at radius 2 is 2.03 bits per heavy atom. The van der Waals surface area contributed by atoms with Crippen LogP contribution in [0.15, 0.2) is 72.4 Å². The first-order valence-electron chi connectivity index (χ1n) is 10.5. The summed E-state index contributed by atoms with van der Waals surface area (Å²) in [4.78, 5) is 17.1. The van der Waals surface area contributed by atoms with E-state index in [0.717, 1.165) is 41.5 Å². The number of para-hydroxylation sites is 1. The molecule has 2 aromatic carbocycles. The summed E-state index contributed by atoms with van der Waals surface area (Å²) >= 11 is 1.41. The molecule has 0 bridgehead atoms. The maximum atomic E-state index is 12.6. The molecule has 0 saturated carbocycles. The number of hydrogen-bond donors (Lipinski definition) is 1. The van der Waals surface area contributed by atoms with Crippen molar-refractivity contribution in [2.24, 2.45) is 0 Å². The molecule has 8 heteroatoms. The van der Waals surface area contributed by atoms with Crippen molar-refractivity contribution in [1.29, 1.82) is 0 Å². The summed E-state index contributed by atoms with van der Waals surface area (Å²) in [7, 11) is 0. The molecule has 0 radical (unpaired) electrons. The molecule has 1 fully saturated rings. The van der Waals surface area contributed by atoms with Crippen molar-refractivity contribution in [2.45, 2.75) is 18.9 Å². The molecule has 1 N–H and O–H groups in total. The molecule has 0 aliphatic carbocycles. The van der Waals surface area contributed by atoms with Gasteiger partial charge in [0.05, 0.1) is 18.0 Å². The SMILES string of the molecule is O=C(Nc1ccc(OCC2CCCO2)cc1)c1csc(-c2cnn(-c3ccccc3)c2)n1. The molecule has 3 heterocycles. The van der Waals surface area contributed by atoms with Gasteiger partial charge in [-0.05, 0) is 49.2 Å². The van der Waals surface area contributed by atoms with Crippen LogP contribution in [0.3, 0.4) is 0 Å². The fraction of sp³-hybridized carbons (Fsp3) is 0.208. The van der Waals surface area contributed by atoms with E-state index < -0.39 is 0 Å². The van der Waals surface area contributed by atoms with Crippen LogP contribution < -0.4 is 10.1 Å². The molecule has 162 valence electrons. The van der Waals surface area contributed by atoms with E-state index in [1.165, 1.54) is 11.3 Å². The van der Waals surface area contributed by atoms with Crippen LogP contribution in [-0.4, -0.2) is 40.0 Å². The van der Waals surface area contributed by atoms with Gasteiger partial charge in [0.25, 0.3) is 5.91 Å². The smallest absolute Gasteiger partial charge is 0.275 e. The highest BCUT2D eigenvalue weighted by molar-refractivity contribution is 7.13. The molecule has 7 nitrogen and oxygen atoms in total. The Morgan fingerprint density at radius 3 is 2.81 bits per heavy atom. The predicted molar refractivity (Wildman–Crippen MR) is 124 cm³/mol. The van der Waals surface area contributed by atoms with Crippen molar-refractivity contribution in [3.63, 3.8) is 0 Å². The van der Waals surface area contributed by atoms with Gasteiger partial charge in [0, 0.05) is 29.4 Å². The molecule has 1 aliphatic heterocycles. The van der Waals surface area contributed by atoms with E-state index in [-0.39, 0.29) is 12.0 Å². The van der Waals surface area contributed by atoms with Gasteiger partial charge < -0.3 is 14.8 Å². The number of nitrogens with zero attached hydrogens (tertiary/aromatic N) is 3. The van der Waals surface area contributed by atoms with E-state index in [1.54, 1.807) is 16.3 Å². The lowest BCUT2D eigenvalue weighted by Gasteiger charge is -2.11. The number of rotatable bonds is 7. The third-order valence-corrected chi connectivity index (χ3v) is 6.05. The zero-order chi connectivity index (χ0) is 21.8. The molecule has 1 amide bonds. The quantitative estimate of drug-likeness (QED) is 0.441. The summed E-state index contributed by atoms with van der Waals surface area (Å²) in [6, 6.07) is 17.2. The van der Waals surface area contributed by atoms with Gasteiger partial charge in [-0.15, -0.1) is 11.3 Å². The highest BCUT2D eigenvalue weighted by Crippen LogP contribution is 2.25. The normalized spacial score (nSPS) is 15.6. The lowest BCUT2D eigenvalue weighted by molar-refractivity contribution is 0.0679. The largest absolute Gasteiger partial charge is 0.491 e. The molecule has 5 rings (SSSR count). The van der Waals surface area contributed by atoms with E-state index in [2.05, 4.69) is 15.4 Å². The number of carbonyl (C=O) groups is 1. The first kappa shape index (κ1) is 20.4. The number of amides is 1. The van der Waals surface area contributed by atoms with Gasteiger partial charge in [-0.2, -0.15) is 5.10 Å². The number of anilines is 1. The molecule has 1 atom stereocenters. The Hall–Kier alpha value is -3.49. The lowest BCUT2D eigenvalue weighted by atomic mass is 10.2. The third kappa shape index (κ3) is 4.71. The highest BCUT2D eigenvalue weighted by atomic mass is 32.1. The Balaban J connectivity index is 1.20. The van der Waals surface area contributed by atoms with Crippen molar-refractivity contribution in [1.82, 2.24) is 14.8 Å². The van der Waals surface area contributed by atoms with Crippen LogP contribution in [0.4, 0.5) is 5.69 Å². The molecular formula is C24H22N4O3S. The van der Waals surface area contributed by atoms with Crippen molar-refractivity contribution >= 4 is 22.9 Å². The number of carbonyl (C=O) groups excluding carboxylic acids is 1. The molecule has 32 heavy (non-hydrogen) atoms. The molecule has 0 spiro atoms. The minimum Gasteiger partial charge on any atom is -0.491 e. The topological polar surface area (TPSA) is 78.3 Å². The number of hydrogen-bond acceptors (Lipinski definition) is 6. The molecule has 1 saturated heterocycles. The van der Waals surface area contributed by atoms with E-state index in [9.17, 15) is 4.79 Å². The highest BCUT2D eigenvalue weighted by Gasteiger charge is 2.16. The van der Waals surface area contributed by atoms with Crippen LogP contribution >= 0.6 is 11.3 Å². The van der Waals surface area contributed by atoms with Gasteiger partial charge in [-0.1, -0.05) is 18.2 Å². The molecule has 4 aromatic rings. The summed E-state index contributed by atoms with van der Waals surface area (Å²) in [5.74, 6) is 0.501. The maximum Gasteiger partial charge on any atom is 0.275 e. The third-order valence-electron chi connectivity index (χ3n) is 5.16. The second-order valence-corrected chi connectivity index (χ2v) is 8.33. The zero-order valence-electron chi connectivity index (χ0n) is 17.3. The summed E-state index contributed by atoms with van der Waals surface area (Å²) in [6.45, 7) is 1.36. The lowest BCUT2D eigenvalue weighted by Crippen LogP contribution is -2.16. The van der Waals surface area contributed by atoms with E-state index >= 15 is 0 Å². The van der Waals surface area contributed by atoms with Crippen LogP contribution in [0.5, 0.6) is 5.75 Å². The van der Waals surface area contributed by atoms with Crippen LogP contribution in [0, 0.1) is 0 Å². The number of nitrogens with one attached hydrogen (secondary N) is 1. The van der Waals surface area contributed by atoms with Gasteiger partial charge in [-0.25, -0.2) is 9.67 Å². The van der Waals surface area contributed by atoms with Crippen molar-refractivity contribution < 1.29 is 14.3 Å². The molecule has 1 unspecified atom stereocenters. The average molecular weight is 447 g/mol. The summed E-state index contributed by atoms with van der Waals surface area (Å²) in [5, 5.41) is 9.78. The Kier molecular flexibility index (Phi) is 5.96.